The molecule has 36 heavy (non-hydrogen) atoms. The van der Waals surface area contributed by atoms with E-state index in [1.807, 2.05) is 0 Å². The molecule has 13 heteroatoms. The van der Waals surface area contributed by atoms with Crippen molar-refractivity contribution < 1.29 is 40.7 Å². The zero-order valence-electron chi connectivity index (χ0n) is 18.3. The highest BCUT2D eigenvalue weighted by Crippen LogP contribution is 2.43. The van der Waals surface area contributed by atoms with E-state index >= 15 is 0 Å². The van der Waals surface area contributed by atoms with Gasteiger partial charge in [-0.05, 0) is 35.9 Å². The van der Waals surface area contributed by atoms with Crippen molar-refractivity contribution in [2.24, 2.45) is 0 Å². The Bertz CT molecular complexity index is 1160. The first kappa shape index (κ1) is 26.4. The molecular formula is C23H18Cl2F6N2O3. The summed E-state index contributed by atoms with van der Waals surface area (Å²) in [5.74, 6) is -1.36. The Morgan fingerprint density at radius 2 is 1.53 bits per heavy atom. The number of halogens is 8. The number of rotatable bonds is 2. The summed E-state index contributed by atoms with van der Waals surface area (Å²) >= 11 is 12.1. The topological polar surface area (TPSA) is 58.6 Å². The van der Waals surface area contributed by atoms with Crippen molar-refractivity contribution in [3.05, 3.63) is 68.7 Å². The van der Waals surface area contributed by atoms with Crippen molar-refractivity contribution in [2.75, 3.05) is 19.6 Å². The highest BCUT2D eigenvalue weighted by atomic mass is 35.5. The molecule has 1 unspecified atom stereocenters. The normalized spacial score (nSPS) is 20.2. The minimum atomic E-state index is -5.07. The summed E-state index contributed by atoms with van der Waals surface area (Å²) in [5.41, 5.74) is -4.20. The highest BCUT2D eigenvalue weighted by Gasteiger charge is 2.49. The molecule has 5 nitrogen and oxygen atoms in total. The van der Waals surface area contributed by atoms with Crippen LogP contribution in [0.25, 0.3) is 0 Å². The lowest BCUT2D eigenvalue weighted by Crippen LogP contribution is -2.58. The Morgan fingerprint density at radius 1 is 0.944 bits per heavy atom. The predicted octanol–water partition coefficient (Wildman–Crippen LogP) is 6.53. The van der Waals surface area contributed by atoms with Gasteiger partial charge in [0, 0.05) is 44.0 Å². The lowest BCUT2D eigenvalue weighted by atomic mass is 9.74. The smallest absolute Gasteiger partial charge is 0.416 e. The maximum absolute atomic E-state index is 13.2. The van der Waals surface area contributed by atoms with E-state index in [1.165, 1.54) is 0 Å². The first-order valence-corrected chi connectivity index (χ1v) is 11.5. The van der Waals surface area contributed by atoms with Crippen molar-refractivity contribution in [3.63, 3.8) is 0 Å². The van der Waals surface area contributed by atoms with Gasteiger partial charge in [0.25, 0.3) is 5.91 Å². The SMILES string of the molecule is O=C1NCC(c2ccc(Cl)c(Cl)c2)C2(CCN(C(=O)c3cc(C(F)(F)F)cc(C(F)(F)F)c3)CC2)O1. The largest absolute Gasteiger partial charge is 0.442 e. The molecule has 2 aliphatic heterocycles. The third-order valence-electron chi connectivity index (χ3n) is 6.46. The van der Waals surface area contributed by atoms with Gasteiger partial charge < -0.3 is 15.0 Å². The van der Waals surface area contributed by atoms with Crippen LogP contribution >= 0.6 is 23.2 Å². The minimum Gasteiger partial charge on any atom is -0.442 e. The first-order chi connectivity index (χ1) is 16.7. The summed E-state index contributed by atoms with van der Waals surface area (Å²) in [7, 11) is 0. The second kappa shape index (κ2) is 9.33. The monoisotopic (exact) mass is 554 g/mol. The molecule has 1 atom stereocenters. The number of carbonyl (C=O) groups excluding carboxylic acids is 2. The molecule has 2 fully saturated rings. The summed E-state index contributed by atoms with van der Waals surface area (Å²) in [6.45, 7) is 0.0936. The average molecular weight is 555 g/mol. The van der Waals surface area contributed by atoms with Gasteiger partial charge in [-0.2, -0.15) is 26.3 Å². The van der Waals surface area contributed by atoms with Gasteiger partial charge in [-0.3, -0.25) is 4.79 Å². The van der Waals surface area contributed by atoms with E-state index in [4.69, 9.17) is 27.9 Å². The van der Waals surface area contributed by atoms with E-state index in [0.717, 1.165) is 10.5 Å². The maximum atomic E-state index is 13.2. The molecular weight excluding hydrogens is 537 g/mol. The van der Waals surface area contributed by atoms with Crippen LogP contribution in [0.2, 0.25) is 10.0 Å². The fraction of sp³-hybridized carbons (Fsp3) is 0.391. The van der Waals surface area contributed by atoms with E-state index in [1.54, 1.807) is 18.2 Å². The van der Waals surface area contributed by atoms with Gasteiger partial charge in [0.15, 0.2) is 0 Å². The number of nitrogens with zero attached hydrogens (tertiary/aromatic N) is 1. The quantitative estimate of drug-likeness (QED) is 0.429. The molecule has 194 valence electrons. The van der Waals surface area contributed by atoms with Crippen LogP contribution in [0, 0.1) is 0 Å². The number of alkyl halides is 6. The van der Waals surface area contributed by atoms with Crippen molar-refractivity contribution >= 4 is 35.2 Å². The molecule has 0 aliphatic carbocycles. The Kier molecular flexibility index (Phi) is 6.85. The maximum Gasteiger partial charge on any atom is 0.416 e. The third kappa shape index (κ3) is 5.22. The molecule has 4 rings (SSSR count). The number of likely N-dealkylation sites (tertiary alicyclic amines) is 1. The summed E-state index contributed by atoms with van der Waals surface area (Å²) in [6, 6.07) is 5.73. The van der Waals surface area contributed by atoms with E-state index < -0.39 is 46.6 Å². The highest BCUT2D eigenvalue weighted by molar-refractivity contribution is 6.42. The number of nitrogens with one attached hydrogen (secondary N) is 1. The number of hydrogen-bond acceptors (Lipinski definition) is 3. The minimum absolute atomic E-state index is 0.0295. The number of alkyl carbamates (subject to hydrolysis) is 1. The lowest BCUT2D eigenvalue weighted by molar-refractivity contribution is -0.143. The Labute approximate surface area is 211 Å². The fourth-order valence-electron chi connectivity index (χ4n) is 4.61. The number of hydrogen-bond donors (Lipinski definition) is 1. The Hall–Kier alpha value is -2.66. The Morgan fingerprint density at radius 3 is 2.06 bits per heavy atom. The van der Waals surface area contributed by atoms with Crippen LogP contribution in [0.4, 0.5) is 31.1 Å². The van der Waals surface area contributed by atoms with Crippen LogP contribution in [-0.4, -0.2) is 42.1 Å². The second-order valence-corrected chi connectivity index (χ2v) is 9.46. The predicted molar refractivity (Wildman–Crippen MR) is 118 cm³/mol. The lowest BCUT2D eigenvalue weighted by Gasteiger charge is -2.48. The first-order valence-electron chi connectivity index (χ1n) is 10.7. The third-order valence-corrected chi connectivity index (χ3v) is 7.20. The summed E-state index contributed by atoms with van der Waals surface area (Å²) < 4.78 is 84.9. The molecule has 0 radical (unpaired) electrons. The van der Waals surface area contributed by atoms with E-state index in [2.05, 4.69) is 5.32 Å². The number of amides is 2. The molecule has 2 aliphatic rings. The van der Waals surface area contributed by atoms with E-state index in [9.17, 15) is 35.9 Å². The number of piperidine rings is 1. The van der Waals surface area contributed by atoms with Crippen LogP contribution in [0.1, 0.15) is 45.8 Å². The zero-order chi connectivity index (χ0) is 26.5. The van der Waals surface area contributed by atoms with Gasteiger partial charge in [-0.15, -0.1) is 0 Å². The van der Waals surface area contributed by atoms with Crippen LogP contribution < -0.4 is 5.32 Å². The molecule has 1 spiro atoms. The van der Waals surface area contributed by atoms with Gasteiger partial charge >= 0.3 is 18.4 Å². The summed E-state index contributed by atoms with van der Waals surface area (Å²) in [4.78, 5) is 26.2. The fourth-order valence-corrected chi connectivity index (χ4v) is 4.92. The molecule has 2 amide bonds. The van der Waals surface area contributed by atoms with Crippen LogP contribution in [-0.2, 0) is 17.1 Å². The second-order valence-electron chi connectivity index (χ2n) is 8.65. The standard InChI is InChI=1S/C23H18Cl2F6N2O3/c24-17-2-1-12(9-18(17)25)16-11-32-20(35)36-21(16)3-5-33(6-4-21)19(34)13-7-14(22(26,27)28)10-15(8-13)23(29,30)31/h1-2,7-10,16H,3-6,11H2,(H,32,35). The van der Waals surface area contributed by atoms with Crippen molar-refractivity contribution in [3.8, 4) is 0 Å². The van der Waals surface area contributed by atoms with Crippen LogP contribution in [0.15, 0.2) is 36.4 Å². The van der Waals surface area contributed by atoms with Gasteiger partial charge in [-0.25, -0.2) is 4.79 Å². The molecule has 0 bridgehead atoms. The van der Waals surface area contributed by atoms with Crippen LogP contribution in [0.5, 0.6) is 0 Å². The van der Waals surface area contributed by atoms with Crippen molar-refractivity contribution in [2.45, 2.75) is 36.7 Å². The van der Waals surface area contributed by atoms with Gasteiger partial charge in [0.1, 0.15) is 5.60 Å². The van der Waals surface area contributed by atoms with Gasteiger partial charge in [0.2, 0.25) is 0 Å². The molecule has 0 aromatic heterocycles. The molecule has 2 heterocycles. The van der Waals surface area contributed by atoms with E-state index in [-0.39, 0.29) is 44.5 Å². The van der Waals surface area contributed by atoms with E-state index in [0.29, 0.717) is 22.2 Å². The number of benzene rings is 2. The molecule has 1 N–H and O–H groups in total. The Balaban J connectivity index is 1.59. The molecule has 0 saturated carbocycles. The van der Waals surface area contributed by atoms with Gasteiger partial charge in [0.05, 0.1) is 21.2 Å². The average Bonchev–Trinajstić information content (AvgIpc) is 2.80. The van der Waals surface area contributed by atoms with Crippen molar-refractivity contribution in [1.82, 2.24) is 10.2 Å². The zero-order valence-corrected chi connectivity index (χ0v) is 19.8. The number of carbonyl (C=O) groups is 2. The number of ether oxygens (including phenoxy) is 1. The summed E-state index contributed by atoms with van der Waals surface area (Å²) in [5, 5.41) is 3.23. The molecule has 2 aromatic rings. The van der Waals surface area contributed by atoms with Crippen LogP contribution in [0.3, 0.4) is 0 Å². The molecule has 2 aromatic carbocycles. The van der Waals surface area contributed by atoms with Gasteiger partial charge in [-0.1, -0.05) is 29.3 Å². The van der Waals surface area contributed by atoms with Crippen molar-refractivity contribution in [1.29, 1.82) is 0 Å². The summed E-state index contributed by atoms with van der Waals surface area (Å²) in [6.07, 6.45) is -10.6. The molecule has 2 saturated heterocycles.